The molecule has 0 bridgehead atoms. The summed E-state index contributed by atoms with van der Waals surface area (Å²) in [7, 11) is 0. The number of para-hydroxylation sites is 1. The Labute approximate surface area is 165 Å². The molecule has 148 valence electrons. The van der Waals surface area contributed by atoms with Gasteiger partial charge in [-0.1, -0.05) is 44.2 Å². The number of hydrogen-bond donors (Lipinski definition) is 1. The van der Waals surface area contributed by atoms with E-state index in [4.69, 9.17) is 0 Å². The molecule has 0 aliphatic carbocycles. The van der Waals surface area contributed by atoms with E-state index in [1.54, 1.807) is 17.0 Å². The zero-order chi connectivity index (χ0) is 20.1. The van der Waals surface area contributed by atoms with Gasteiger partial charge < -0.3 is 10.2 Å². The lowest BCUT2D eigenvalue weighted by molar-refractivity contribution is -0.133. The van der Waals surface area contributed by atoms with Gasteiger partial charge in [0.05, 0.1) is 6.42 Å². The van der Waals surface area contributed by atoms with Crippen LogP contribution in [0.5, 0.6) is 0 Å². The summed E-state index contributed by atoms with van der Waals surface area (Å²) < 4.78 is 13.3. The molecule has 0 radical (unpaired) electrons. The number of nitrogens with one attached hydrogen (secondary N) is 1. The van der Waals surface area contributed by atoms with Crippen LogP contribution < -0.4 is 5.32 Å². The van der Waals surface area contributed by atoms with E-state index >= 15 is 0 Å². The third-order valence-electron chi connectivity index (χ3n) is 5.30. The maximum Gasteiger partial charge on any atom is 0.227 e. The third kappa shape index (κ3) is 4.97. The lowest BCUT2D eigenvalue weighted by Crippen LogP contribution is -2.42. The Morgan fingerprint density at radius 2 is 1.82 bits per heavy atom. The van der Waals surface area contributed by atoms with Crippen molar-refractivity contribution < 1.29 is 14.0 Å². The van der Waals surface area contributed by atoms with Crippen molar-refractivity contribution in [1.82, 2.24) is 4.90 Å². The first-order valence-electron chi connectivity index (χ1n) is 9.86. The molecule has 3 rings (SSSR count). The molecule has 4 nitrogen and oxygen atoms in total. The van der Waals surface area contributed by atoms with Crippen LogP contribution in [-0.2, 0) is 16.0 Å². The van der Waals surface area contributed by atoms with Gasteiger partial charge >= 0.3 is 0 Å². The summed E-state index contributed by atoms with van der Waals surface area (Å²) in [6.45, 7) is 5.32. The predicted octanol–water partition coefficient (Wildman–Crippen LogP) is 4.37. The molecule has 1 aliphatic rings. The highest BCUT2D eigenvalue weighted by Gasteiger charge is 2.27. The summed E-state index contributed by atoms with van der Waals surface area (Å²) in [5.41, 5.74) is 2.67. The smallest absolute Gasteiger partial charge is 0.227 e. The number of halogens is 1. The highest BCUT2D eigenvalue weighted by atomic mass is 19.1. The van der Waals surface area contributed by atoms with E-state index < -0.39 is 0 Å². The molecule has 2 amide bonds. The van der Waals surface area contributed by atoms with Gasteiger partial charge in [0.25, 0.3) is 0 Å². The molecule has 2 aromatic rings. The first kappa shape index (κ1) is 20.1. The third-order valence-corrected chi connectivity index (χ3v) is 5.30. The number of piperidine rings is 1. The van der Waals surface area contributed by atoms with Crippen molar-refractivity contribution in [1.29, 1.82) is 0 Å². The molecule has 0 spiro atoms. The predicted molar refractivity (Wildman–Crippen MR) is 109 cm³/mol. The van der Waals surface area contributed by atoms with Crippen LogP contribution in [-0.4, -0.2) is 29.8 Å². The lowest BCUT2D eigenvalue weighted by atomic mass is 9.94. The van der Waals surface area contributed by atoms with Gasteiger partial charge in [-0.15, -0.1) is 0 Å². The van der Waals surface area contributed by atoms with Crippen LogP contribution in [0.2, 0.25) is 0 Å². The van der Waals surface area contributed by atoms with E-state index in [2.05, 4.69) is 19.2 Å². The van der Waals surface area contributed by atoms with Gasteiger partial charge in [0.15, 0.2) is 0 Å². The molecular weight excluding hydrogens is 355 g/mol. The maximum atomic E-state index is 13.3. The largest absolute Gasteiger partial charge is 0.342 e. The standard InChI is InChI=1S/C23H27FN2O2/c1-16(2)20-8-3-4-9-21(20)25-23(28)18-10-12-26(13-11-18)22(27)15-17-6-5-7-19(24)14-17/h3-9,14,16,18H,10-13,15H2,1-2H3,(H,25,28). The molecule has 1 fully saturated rings. The van der Waals surface area contributed by atoms with Crippen molar-refractivity contribution in [3.63, 3.8) is 0 Å². The number of amides is 2. The van der Waals surface area contributed by atoms with E-state index in [1.165, 1.54) is 12.1 Å². The van der Waals surface area contributed by atoms with E-state index in [9.17, 15) is 14.0 Å². The van der Waals surface area contributed by atoms with Crippen LogP contribution >= 0.6 is 0 Å². The molecule has 0 aromatic heterocycles. The minimum absolute atomic E-state index is 0.0188. The highest BCUT2D eigenvalue weighted by Crippen LogP contribution is 2.26. The van der Waals surface area contributed by atoms with Gasteiger partial charge in [-0.25, -0.2) is 4.39 Å². The zero-order valence-corrected chi connectivity index (χ0v) is 16.5. The Kier molecular flexibility index (Phi) is 6.45. The molecule has 1 aliphatic heterocycles. The van der Waals surface area contributed by atoms with Gasteiger partial charge in [0.2, 0.25) is 11.8 Å². The number of rotatable bonds is 5. The minimum Gasteiger partial charge on any atom is -0.342 e. The van der Waals surface area contributed by atoms with E-state index in [0.717, 1.165) is 11.3 Å². The first-order valence-corrected chi connectivity index (χ1v) is 9.86. The number of anilines is 1. The number of carbonyl (C=O) groups is 2. The zero-order valence-electron chi connectivity index (χ0n) is 16.5. The molecule has 1 saturated heterocycles. The second-order valence-electron chi connectivity index (χ2n) is 7.69. The monoisotopic (exact) mass is 382 g/mol. The summed E-state index contributed by atoms with van der Waals surface area (Å²) in [5.74, 6) is -0.0977. The fraction of sp³-hybridized carbons (Fsp3) is 0.391. The molecule has 0 atom stereocenters. The molecular formula is C23H27FN2O2. The summed E-state index contributed by atoms with van der Waals surface area (Å²) in [6, 6.07) is 14.0. The Morgan fingerprint density at radius 1 is 1.11 bits per heavy atom. The number of likely N-dealkylation sites (tertiary alicyclic amines) is 1. The summed E-state index contributed by atoms with van der Waals surface area (Å²) >= 11 is 0. The molecule has 2 aromatic carbocycles. The Morgan fingerprint density at radius 3 is 2.50 bits per heavy atom. The summed E-state index contributed by atoms with van der Waals surface area (Å²) in [6.07, 6.45) is 1.48. The number of hydrogen-bond acceptors (Lipinski definition) is 2. The second kappa shape index (κ2) is 9.00. The molecule has 28 heavy (non-hydrogen) atoms. The minimum atomic E-state index is -0.331. The SMILES string of the molecule is CC(C)c1ccccc1NC(=O)C1CCN(C(=O)Cc2cccc(F)c2)CC1. The number of nitrogens with zero attached hydrogens (tertiary/aromatic N) is 1. The quantitative estimate of drug-likeness (QED) is 0.835. The van der Waals surface area contributed by atoms with E-state index in [1.807, 2.05) is 24.3 Å². The van der Waals surface area contributed by atoms with Crippen LogP contribution in [0.15, 0.2) is 48.5 Å². The molecule has 5 heteroatoms. The highest BCUT2D eigenvalue weighted by molar-refractivity contribution is 5.93. The molecule has 1 heterocycles. The second-order valence-corrected chi connectivity index (χ2v) is 7.69. The topological polar surface area (TPSA) is 49.4 Å². The first-order chi connectivity index (χ1) is 13.4. The van der Waals surface area contributed by atoms with Crippen LogP contribution in [0.1, 0.15) is 43.7 Å². The van der Waals surface area contributed by atoms with Crippen molar-refractivity contribution in [2.75, 3.05) is 18.4 Å². The Bertz CT molecular complexity index is 842. The van der Waals surface area contributed by atoms with Crippen LogP contribution in [0.25, 0.3) is 0 Å². The van der Waals surface area contributed by atoms with Gasteiger partial charge in [-0.3, -0.25) is 9.59 Å². The fourth-order valence-electron chi connectivity index (χ4n) is 3.67. The maximum absolute atomic E-state index is 13.3. The van der Waals surface area contributed by atoms with Gasteiger partial charge in [-0.2, -0.15) is 0 Å². The van der Waals surface area contributed by atoms with E-state index in [0.29, 0.717) is 37.4 Å². The fourth-order valence-corrected chi connectivity index (χ4v) is 3.67. The van der Waals surface area contributed by atoms with Gasteiger partial charge in [-0.05, 0) is 48.1 Å². The average molecular weight is 382 g/mol. The van der Waals surface area contributed by atoms with E-state index in [-0.39, 0.29) is 30.0 Å². The summed E-state index contributed by atoms with van der Waals surface area (Å²) in [4.78, 5) is 26.9. The number of carbonyl (C=O) groups excluding carboxylic acids is 2. The van der Waals surface area contributed by atoms with Crippen LogP contribution in [0.3, 0.4) is 0 Å². The molecule has 0 unspecified atom stereocenters. The number of benzene rings is 2. The van der Waals surface area contributed by atoms with Crippen LogP contribution in [0, 0.1) is 11.7 Å². The average Bonchev–Trinajstić information content (AvgIpc) is 2.68. The van der Waals surface area contributed by atoms with Crippen molar-refractivity contribution in [2.45, 2.75) is 39.0 Å². The Hall–Kier alpha value is -2.69. The van der Waals surface area contributed by atoms with Gasteiger partial charge in [0.1, 0.15) is 5.82 Å². The normalized spacial score (nSPS) is 14.9. The van der Waals surface area contributed by atoms with Crippen molar-refractivity contribution in [2.24, 2.45) is 5.92 Å². The van der Waals surface area contributed by atoms with Crippen molar-refractivity contribution in [3.8, 4) is 0 Å². The van der Waals surface area contributed by atoms with Crippen molar-refractivity contribution in [3.05, 3.63) is 65.5 Å². The molecule has 1 N–H and O–H groups in total. The van der Waals surface area contributed by atoms with Crippen LogP contribution in [0.4, 0.5) is 10.1 Å². The summed E-state index contributed by atoms with van der Waals surface area (Å²) in [5, 5.41) is 3.07. The molecule has 0 saturated carbocycles. The Balaban J connectivity index is 1.53. The van der Waals surface area contributed by atoms with Gasteiger partial charge in [0, 0.05) is 24.7 Å². The lowest BCUT2D eigenvalue weighted by Gasteiger charge is -2.31. The van der Waals surface area contributed by atoms with Crippen molar-refractivity contribution >= 4 is 17.5 Å².